The predicted molar refractivity (Wildman–Crippen MR) is 88.2 cm³/mol. The van der Waals surface area contributed by atoms with Gasteiger partial charge in [0.15, 0.2) is 0 Å². The number of aryl methyl sites for hydroxylation is 1. The Morgan fingerprint density at radius 3 is 2.50 bits per heavy atom. The highest BCUT2D eigenvalue weighted by Gasteiger charge is 2.17. The largest absolute Gasteiger partial charge is 0.496 e. The molecule has 2 rings (SSSR count). The summed E-state index contributed by atoms with van der Waals surface area (Å²) in [4.78, 5) is 0.156. The molecule has 0 radical (unpaired) electrons. The van der Waals surface area contributed by atoms with Gasteiger partial charge in [-0.1, -0.05) is 28.1 Å². The van der Waals surface area contributed by atoms with Crippen LogP contribution in [0, 0.1) is 6.92 Å². The minimum absolute atomic E-state index is 0.156. The Morgan fingerprint density at radius 1 is 1.22 bits per heavy atom. The molecule has 0 saturated heterocycles. The normalized spacial score (nSPS) is 12.5. The average Bonchev–Trinajstić information content (AvgIpc) is 2.68. The van der Waals surface area contributed by atoms with E-state index in [1.807, 2.05) is 6.92 Å². The Kier molecular flexibility index (Phi) is 4.92. The molecule has 0 amide bonds. The highest BCUT2D eigenvalue weighted by molar-refractivity contribution is 9.12. The molecule has 5 heteroatoms. The Morgan fingerprint density at radius 2 is 1.94 bits per heavy atom. The Labute approximate surface area is 136 Å². The third-order valence-corrected chi connectivity index (χ3v) is 6.09. The molecule has 96 valence electrons. The minimum atomic E-state index is 0.156. The van der Waals surface area contributed by atoms with Crippen LogP contribution in [0.1, 0.15) is 21.5 Å². The second kappa shape index (κ2) is 6.07. The summed E-state index contributed by atoms with van der Waals surface area (Å²) in [7, 11) is 1.70. The molecule has 2 aromatic rings. The lowest BCUT2D eigenvalue weighted by Gasteiger charge is -2.12. The fourth-order valence-electron chi connectivity index (χ4n) is 1.70. The molecule has 0 aliphatic carbocycles. The molecule has 0 saturated carbocycles. The van der Waals surface area contributed by atoms with E-state index in [1.54, 1.807) is 18.4 Å². The molecule has 0 fully saturated rings. The van der Waals surface area contributed by atoms with Gasteiger partial charge in [0.2, 0.25) is 0 Å². The van der Waals surface area contributed by atoms with Crippen LogP contribution in [0.4, 0.5) is 0 Å². The van der Waals surface area contributed by atoms with Gasteiger partial charge in [-0.25, -0.2) is 0 Å². The van der Waals surface area contributed by atoms with E-state index in [1.165, 1.54) is 11.1 Å². The van der Waals surface area contributed by atoms with Gasteiger partial charge in [0.05, 0.1) is 19.5 Å². The first-order valence-corrected chi connectivity index (χ1v) is 8.58. The fourth-order valence-corrected chi connectivity index (χ4v) is 5.71. The van der Waals surface area contributed by atoms with Crippen molar-refractivity contribution < 1.29 is 4.74 Å². The van der Waals surface area contributed by atoms with Crippen molar-refractivity contribution in [2.24, 2.45) is 0 Å². The average molecular weight is 455 g/mol. The van der Waals surface area contributed by atoms with Crippen LogP contribution in [-0.4, -0.2) is 7.11 Å². The van der Waals surface area contributed by atoms with Crippen LogP contribution in [0.5, 0.6) is 5.75 Å². The zero-order chi connectivity index (χ0) is 13.3. The SMILES string of the molecule is COc1cc(C(Br)c2cc(Br)sc2Br)ccc1C. The van der Waals surface area contributed by atoms with Crippen LogP contribution in [0.25, 0.3) is 0 Å². The second-order valence-electron chi connectivity index (χ2n) is 3.87. The number of hydrogen-bond donors (Lipinski definition) is 0. The Balaban J connectivity index is 2.39. The van der Waals surface area contributed by atoms with E-state index in [2.05, 4.69) is 72.1 Å². The number of halogens is 3. The van der Waals surface area contributed by atoms with Crippen molar-refractivity contribution in [3.05, 3.63) is 48.5 Å². The number of alkyl halides is 1. The molecule has 1 aromatic carbocycles. The van der Waals surface area contributed by atoms with E-state index in [0.29, 0.717) is 0 Å². The maximum atomic E-state index is 5.37. The molecule has 1 aromatic heterocycles. The van der Waals surface area contributed by atoms with Crippen LogP contribution in [0.3, 0.4) is 0 Å². The summed E-state index contributed by atoms with van der Waals surface area (Å²) in [6.07, 6.45) is 0. The number of methoxy groups -OCH3 is 1. The van der Waals surface area contributed by atoms with Gasteiger partial charge in [-0.3, -0.25) is 0 Å². The molecular formula is C13H11Br3OS. The first kappa shape index (κ1) is 14.6. The summed E-state index contributed by atoms with van der Waals surface area (Å²) in [6.45, 7) is 2.04. The van der Waals surface area contributed by atoms with Crippen molar-refractivity contribution >= 4 is 59.1 Å². The summed E-state index contributed by atoms with van der Waals surface area (Å²) >= 11 is 12.5. The van der Waals surface area contributed by atoms with Crippen LogP contribution in [0.2, 0.25) is 0 Å². The Hall–Kier alpha value is 0.160. The van der Waals surface area contributed by atoms with Crippen molar-refractivity contribution in [2.45, 2.75) is 11.8 Å². The monoisotopic (exact) mass is 452 g/mol. The zero-order valence-electron chi connectivity index (χ0n) is 9.84. The molecule has 18 heavy (non-hydrogen) atoms. The highest BCUT2D eigenvalue weighted by atomic mass is 79.9. The third-order valence-electron chi connectivity index (χ3n) is 2.68. The smallest absolute Gasteiger partial charge is 0.122 e. The molecule has 1 atom stereocenters. The molecule has 1 unspecified atom stereocenters. The van der Waals surface area contributed by atoms with Gasteiger partial charge in [-0.2, -0.15) is 0 Å². The van der Waals surface area contributed by atoms with Gasteiger partial charge in [0.1, 0.15) is 5.75 Å². The zero-order valence-corrected chi connectivity index (χ0v) is 15.4. The summed E-state index contributed by atoms with van der Waals surface area (Å²) < 4.78 is 7.62. The van der Waals surface area contributed by atoms with Crippen LogP contribution in [0.15, 0.2) is 31.8 Å². The number of benzene rings is 1. The van der Waals surface area contributed by atoms with Crippen LogP contribution >= 0.6 is 59.1 Å². The first-order valence-electron chi connectivity index (χ1n) is 5.26. The Bertz CT molecular complexity index is 565. The lowest BCUT2D eigenvalue weighted by atomic mass is 10.1. The van der Waals surface area contributed by atoms with Gasteiger partial charge in [0, 0.05) is 0 Å². The number of hydrogen-bond acceptors (Lipinski definition) is 2. The van der Waals surface area contributed by atoms with E-state index in [-0.39, 0.29) is 4.83 Å². The summed E-state index contributed by atoms with van der Waals surface area (Å²) in [5.41, 5.74) is 3.55. The highest BCUT2D eigenvalue weighted by Crippen LogP contribution is 2.42. The third kappa shape index (κ3) is 3.00. The lowest BCUT2D eigenvalue weighted by Crippen LogP contribution is -1.94. The van der Waals surface area contributed by atoms with Crippen molar-refractivity contribution in [1.29, 1.82) is 0 Å². The summed E-state index contributed by atoms with van der Waals surface area (Å²) in [5.74, 6) is 0.919. The van der Waals surface area contributed by atoms with Crippen molar-refractivity contribution in [3.63, 3.8) is 0 Å². The predicted octanol–water partition coefficient (Wildman–Crippen LogP) is 6.07. The van der Waals surface area contributed by atoms with E-state index < -0.39 is 0 Å². The molecule has 0 aliphatic heterocycles. The summed E-state index contributed by atoms with van der Waals surface area (Å²) in [5, 5.41) is 0. The van der Waals surface area contributed by atoms with E-state index >= 15 is 0 Å². The van der Waals surface area contributed by atoms with E-state index in [0.717, 1.165) is 18.9 Å². The second-order valence-corrected chi connectivity index (χ2v) is 8.54. The molecule has 0 N–H and O–H groups in total. The molecule has 0 aliphatic rings. The molecule has 0 spiro atoms. The number of rotatable bonds is 3. The maximum Gasteiger partial charge on any atom is 0.122 e. The minimum Gasteiger partial charge on any atom is -0.496 e. The molecule has 1 nitrogen and oxygen atoms in total. The first-order chi connectivity index (χ1) is 8.52. The van der Waals surface area contributed by atoms with Gasteiger partial charge < -0.3 is 4.74 Å². The molecular weight excluding hydrogens is 444 g/mol. The van der Waals surface area contributed by atoms with Gasteiger partial charge >= 0.3 is 0 Å². The van der Waals surface area contributed by atoms with Crippen LogP contribution < -0.4 is 4.74 Å². The maximum absolute atomic E-state index is 5.37. The van der Waals surface area contributed by atoms with Crippen LogP contribution in [-0.2, 0) is 0 Å². The lowest BCUT2D eigenvalue weighted by molar-refractivity contribution is 0.411. The van der Waals surface area contributed by atoms with Gasteiger partial charge in [-0.15, -0.1) is 11.3 Å². The summed E-state index contributed by atoms with van der Waals surface area (Å²) in [6, 6.07) is 8.40. The molecule has 1 heterocycles. The standard InChI is InChI=1S/C13H11Br3OS/c1-7-3-4-8(5-10(7)17-2)12(15)9-6-11(14)18-13(9)16/h3-6,12H,1-2H3. The van der Waals surface area contributed by atoms with E-state index in [4.69, 9.17) is 4.74 Å². The van der Waals surface area contributed by atoms with Crippen molar-refractivity contribution in [1.82, 2.24) is 0 Å². The van der Waals surface area contributed by atoms with Gasteiger partial charge in [-0.05, 0) is 67.6 Å². The van der Waals surface area contributed by atoms with Crippen molar-refractivity contribution in [2.75, 3.05) is 7.11 Å². The number of thiophene rings is 1. The van der Waals surface area contributed by atoms with E-state index in [9.17, 15) is 0 Å². The molecule has 0 bridgehead atoms. The van der Waals surface area contributed by atoms with Gasteiger partial charge in [0.25, 0.3) is 0 Å². The fraction of sp³-hybridized carbons (Fsp3) is 0.231. The quantitative estimate of drug-likeness (QED) is 0.511. The topological polar surface area (TPSA) is 9.23 Å². The van der Waals surface area contributed by atoms with Crippen molar-refractivity contribution in [3.8, 4) is 5.75 Å². The number of ether oxygens (including phenoxy) is 1.